The first-order valence-electron chi connectivity index (χ1n) is 7.31. The number of carbonyl (C=O) groups is 1. The Hall–Kier alpha value is -0.610. The lowest BCUT2D eigenvalue weighted by Gasteiger charge is -2.25. The Morgan fingerprint density at radius 1 is 1.05 bits per heavy atom. The molecule has 4 heteroatoms. The van der Waals surface area contributed by atoms with Crippen molar-refractivity contribution in [1.82, 2.24) is 0 Å². The normalized spacial score (nSPS) is 12.2. The van der Waals surface area contributed by atoms with Crippen LogP contribution in [0.1, 0.15) is 73.6 Å². The van der Waals surface area contributed by atoms with E-state index in [0.29, 0.717) is 6.42 Å². The van der Waals surface area contributed by atoms with Crippen molar-refractivity contribution >= 4 is 5.97 Å². The Balaban J connectivity index is 3.55. The Morgan fingerprint density at radius 3 is 2.21 bits per heavy atom. The van der Waals surface area contributed by atoms with Crippen molar-refractivity contribution in [2.24, 2.45) is 11.8 Å². The third-order valence-electron chi connectivity index (χ3n) is 3.43. The van der Waals surface area contributed by atoms with E-state index in [1.54, 1.807) is 0 Å². The van der Waals surface area contributed by atoms with E-state index in [1.165, 1.54) is 6.42 Å². The SMILES string of the molecule is CC(C)CCCCCC(=O)OOOC(C)(C)C(C)C. The van der Waals surface area contributed by atoms with Gasteiger partial charge in [0.25, 0.3) is 0 Å². The quantitative estimate of drug-likeness (QED) is 0.336. The van der Waals surface area contributed by atoms with Crippen LogP contribution in [0.2, 0.25) is 0 Å². The lowest BCUT2D eigenvalue weighted by molar-refractivity contribution is -0.520. The first kappa shape index (κ1) is 18.4. The summed E-state index contributed by atoms with van der Waals surface area (Å²) in [5.41, 5.74) is -0.475. The molecule has 0 aliphatic carbocycles. The number of carbonyl (C=O) groups excluding carboxylic acids is 1. The molecule has 0 aromatic rings. The highest BCUT2D eigenvalue weighted by molar-refractivity contribution is 5.68. The molecule has 114 valence electrons. The van der Waals surface area contributed by atoms with Crippen molar-refractivity contribution in [3.8, 4) is 0 Å². The third-order valence-corrected chi connectivity index (χ3v) is 3.43. The third kappa shape index (κ3) is 9.91. The zero-order chi connectivity index (χ0) is 14.9. The molecule has 0 amide bonds. The van der Waals surface area contributed by atoms with Gasteiger partial charge in [-0.1, -0.05) is 47.0 Å². The second-order valence-corrected chi connectivity index (χ2v) is 6.36. The van der Waals surface area contributed by atoms with Crippen LogP contribution in [0.3, 0.4) is 0 Å². The Kier molecular flexibility index (Phi) is 9.02. The highest BCUT2D eigenvalue weighted by Gasteiger charge is 2.25. The van der Waals surface area contributed by atoms with E-state index >= 15 is 0 Å². The van der Waals surface area contributed by atoms with Crippen molar-refractivity contribution in [1.29, 1.82) is 0 Å². The Labute approximate surface area is 117 Å². The minimum Gasteiger partial charge on any atom is -0.269 e. The second kappa shape index (κ2) is 9.32. The van der Waals surface area contributed by atoms with Crippen LogP contribution in [0.5, 0.6) is 0 Å². The van der Waals surface area contributed by atoms with Crippen LogP contribution in [0.15, 0.2) is 0 Å². The van der Waals surface area contributed by atoms with E-state index in [2.05, 4.69) is 23.8 Å². The van der Waals surface area contributed by atoms with Crippen LogP contribution in [0.25, 0.3) is 0 Å². The van der Waals surface area contributed by atoms with Crippen LogP contribution < -0.4 is 0 Å². The molecule has 0 bridgehead atoms. The number of hydrogen-bond donors (Lipinski definition) is 0. The molecule has 0 aromatic heterocycles. The van der Waals surface area contributed by atoms with E-state index < -0.39 is 5.60 Å². The predicted octanol–water partition coefficient (Wildman–Crippen LogP) is 4.43. The standard InChI is InChI=1S/C15H30O4/c1-12(2)10-8-7-9-11-14(16)17-19-18-15(5,6)13(3)4/h12-13H,7-11H2,1-6H3. The van der Waals surface area contributed by atoms with Crippen molar-refractivity contribution in [2.75, 3.05) is 0 Å². The van der Waals surface area contributed by atoms with Gasteiger partial charge in [-0.3, -0.25) is 4.89 Å². The van der Waals surface area contributed by atoms with E-state index in [4.69, 9.17) is 4.89 Å². The molecule has 19 heavy (non-hydrogen) atoms. The summed E-state index contributed by atoms with van der Waals surface area (Å²) in [5.74, 6) is 0.619. The summed E-state index contributed by atoms with van der Waals surface area (Å²) in [4.78, 5) is 21.0. The topological polar surface area (TPSA) is 44.8 Å². The van der Waals surface area contributed by atoms with Gasteiger partial charge >= 0.3 is 5.97 Å². The number of hydrogen-bond acceptors (Lipinski definition) is 4. The lowest BCUT2D eigenvalue weighted by Crippen LogP contribution is -2.31. The van der Waals surface area contributed by atoms with Gasteiger partial charge in [-0.05, 0) is 37.1 Å². The molecule has 0 saturated heterocycles. The Bertz CT molecular complexity index is 247. The molecule has 4 nitrogen and oxygen atoms in total. The molecule has 0 aliphatic rings. The Morgan fingerprint density at radius 2 is 1.68 bits per heavy atom. The van der Waals surface area contributed by atoms with Gasteiger partial charge in [0.1, 0.15) is 5.60 Å². The largest absolute Gasteiger partial charge is 0.345 e. The lowest BCUT2D eigenvalue weighted by atomic mass is 9.95. The first-order chi connectivity index (χ1) is 8.75. The second-order valence-electron chi connectivity index (χ2n) is 6.36. The molecule has 0 atom stereocenters. The predicted molar refractivity (Wildman–Crippen MR) is 75.1 cm³/mol. The molecular formula is C15H30O4. The van der Waals surface area contributed by atoms with Crippen molar-refractivity contribution in [3.05, 3.63) is 0 Å². The highest BCUT2D eigenvalue weighted by Crippen LogP contribution is 2.20. The zero-order valence-electron chi connectivity index (χ0n) is 13.3. The summed E-state index contributed by atoms with van der Waals surface area (Å²) in [6.07, 6.45) is 4.62. The van der Waals surface area contributed by atoms with Gasteiger partial charge in [0.05, 0.1) is 0 Å². The summed E-state index contributed by atoms with van der Waals surface area (Å²) in [6, 6.07) is 0. The van der Waals surface area contributed by atoms with Gasteiger partial charge < -0.3 is 0 Å². The van der Waals surface area contributed by atoms with Crippen molar-refractivity contribution < 1.29 is 19.6 Å². The maximum Gasteiger partial charge on any atom is 0.345 e. The molecule has 0 saturated carbocycles. The van der Waals surface area contributed by atoms with Gasteiger partial charge in [0.15, 0.2) is 0 Å². The fourth-order valence-corrected chi connectivity index (χ4v) is 1.28. The van der Waals surface area contributed by atoms with E-state index in [9.17, 15) is 4.79 Å². The number of rotatable bonds is 10. The van der Waals surface area contributed by atoms with Crippen LogP contribution >= 0.6 is 0 Å². The maximum absolute atomic E-state index is 11.4. The smallest absolute Gasteiger partial charge is 0.269 e. The monoisotopic (exact) mass is 274 g/mol. The fraction of sp³-hybridized carbons (Fsp3) is 0.933. The molecule has 0 unspecified atom stereocenters. The molecule has 0 aromatic carbocycles. The summed E-state index contributed by atoms with van der Waals surface area (Å²) < 4.78 is 0. The highest BCUT2D eigenvalue weighted by atomic mass is 17.5. The summed E-state index contributed by atoms with van der Waals surface area (Å²) >= 11 is 0. The van der Waals surface area contributed by atoms with Crippen LogP contribution in [-0.2, 0) is 19.6 Å². The molecule has 0 N–H and O–H groups in total. The summed E-state index contributed by atoms with van der Waals surface area (Å²) in [5, 5.41) is 4.57. The van der Waals surface area contributed by atoms with Gasteiger partial charge in [0.2, 0.25) is 0 Å². The van der Waals surface area contributed by atoms with E-state index in [0.717, 1.165) is 25.2 Å². The fourth-order valence-electron chi connectivity index (χ4n) is 1.28. The molecule has 0 fully saturated rings. The van der Waals surface area contributed by atoms with Crippen LogP contribution in [-0.4, -0.2) is 11.6 Å². The van der Waals surface area contributed by atoms with Crippen molar-refractivity contribution in [3.63, 3.8) is 0 Å². The molecule has 0 aliphatic heterocycles. The van der Waals surface area contributed by atoms with E-state index in [1.807, 2.05) is 27.7 Å². The average molecular weight is 274 g/mol. The van der Waals surface area contributed by atoms with Crippen molar-refractivity contribution in [2.45, 2.75) is 79.2 Å². The molecular weight excluding hydrogens is 244 g/mol. The van der Waals surface area contributed by atoms with Gasteiger partial charge in [-0.15, -0.1) is 0 Å². The summed E-state index contributed by atoms with van der Waals surface area (Å²) in [6.45, 7) is 12.2. The number of unbranched alkanes of at least 4 members (excludes halogenated alkanes) is 2. The molecule has 0 heterocycles. The van der Waals surface area contributed by atoms with Gasteiger partial charge in [-0.25, -0.2) is 4.79 Å². The van der Waals surface area contributed by atoms with E-state index in [-0.39, 0.29) is 11.9 Å². The minimum atomic E-state index is -0.475. The van der Waals surface area contributed by atoms with Crippen LogP contribution in [0, 0.1) is 11.8 Å². The summed E-state index contributed by atoms with van der Waals surface area (Å²) in [7, 11) is 0. The maximum atomic E-state index is 11.4. The van der Waals surface area contributed by atoms with Gasteiger partial charge in [0, 0.05) is 6.42 Å². The molecule has 0 spiro atoms. The van der Waals surface area contributed by atoms with Gasteiger partial charge in [-0.2, -0.15) is 4.89 Å². The molecule has 0 rings (SSSR count). The first-order valence-corrected chi connectivity index (χ1v) is 7.31. The minimum absolute atomic E-state index is 0.266. The molecule has 0 radical (unpaired) electrons. The average Bonchev–Trinajstić information content (AvgIpc) is 2.27. The van der Waals surface area contributed by atoms with Crippen LogP contribution in [0.4, 0.5) is 0 Å². The zero-order valence-corrected chi connectivity index (χ0v) is 13.3.